The molecule has 0 aromatic rings. The first-order valence-corrected chi connectivity index (χ1v) is 10.7. The average molecular weight is 371 g/mol. The van der Waals surface area contributed by atoms with Crippen molar-refractivity contribution in [3.05, 3.63) is 24.7 Å². The van der Waals surface area contributed by atoms with E-state index >= 15 is 0 Å². The molecule has 0 aliphatic carbocycles. The second-order valence-electron chi connectivity index (χ2n) is 6.75. The van der Waals surface area contributed by atoms with Gasteiger partial charge in [-0.25, -0.2) is 0 Å². The predicted octanol–water partition coefficient (Wildman–Crippen LogP) is 5.49. The monoisotopic (exact) mass is 370 g/mol. The van der Waals surface area contributed by atoms with E-state index in [1.165, 1.54) is 38.5 Å². The Morgan fingerprint density at radius 2 is 0.808 bits per heavy atom. The lowest BCUT2D eigenvalue weighted by molar-refractivity contribution is 0.237. The Bertz CT molecular complexity index is 273. The standard InChI is InChI=1S/C22H42O4/c23-17-11-5-1-3-7-13-19-25-21-15-9-10-16-22-26-20-14-8-4-2-6-12-18-24/h15-16,21-24H,1-14,17-20H2. The third kappa shape index (κ3) is 23.0. The van der Waals surface area contributed by atoms with Crippen molar-refractivity contribution >= 4 is 0 Å². The van der Waals surface area contributed by atoms with Crippen LogP contribution in [0.15, 0.2) is 24.7 Å². The molecule has 154 valence electrons. The van der Waals surface area contributed by atoms with Crippen molar-refractivity contribution in [2.45, 2.75) is 89.9 Å². The summed E-state index contributed by atoms with van der Waals surface area (Å²) in [5.41, 5.74) is 0. The SMILES string of the molecule is OCCCCCCCCOC=CCCC=COCCCCCCCCO. The molecule has 0 aromatic heterocycles. The van der Waals surface area contributed by atoms with Crippen LogP contribution in [0.5, 0.6) is 0 Å². The van der Waals surface area contributed by atoms with Gasteiger partial charge >= 0.3 is 0 Å². The molecule has 0 rings (SSSR count). The third-order valence-electron chi connectivity index (χ3n) is 4.23. The maximum atomic E-state index is 8.69. The van der Waals surface area contributed by atoms with E-state index in [9.17, 15) is 0 Å². The highest BCUT2D eigenvalue weighted by molar-refractivity contribution is 4.81. The number of hydrogen-bond donors (Lipinski definition) is 2. The molecule has 0 fully saturated rings. The van der Waals surface area contributed by atoms with Crippen LogP contribution < -0.4 is 0 Å². The minimum absolute atomic E-state index is 0.321. The van der Waals surface area contributed by atoms with E-state index in [4.69, 9.17) is 19.7 Å². The van der Waals surface area contributed by atoms with Gasteiger partial charge in [-0.15, -0.1) is 0 Å². The van der Waals surface area contributed by atoms with E-state index in [1.807, 2.05) is 12.5 Å². The summed E-state index contributed by atoms with van der Waals surface area (Å²) in [5.74, 6) is 0. The molecule has 0 unspecified atom stereocenters. The van der Waals surface area contributed by atoms with E-state index in [2.05, 4.69) is 12.2 Å². The average Bonchev–Trinajstić information content (AvgIpc) is 2.66. The Labute approximate surface area is 161 Å². The first-order valence-electron chi connectivity index (χ1n) is 10.7. The lowest BCUT2D eigenvalue weighted by atomic mass is 10.1. The molecule has 0 spiro atoms. The number of allylic oxidation sites excluding steroid dienone is 2. The van der Waals surface area contributed by atoms with Crippen molar-refractivity contribution in [3.63, 3.8) is 0 Å². The molecule has 26 heavy (non-hydrogen) atoms. The van der Waals surface area contributed by atoms with Crippen LogP contribution in [-0.2, 0) is 9.47 Å². The van der Waals surface area contributed by atoms with Crippen LogP contribution in [0, 0.1) is 0 Å². The van der Waals surface area contributed by atoms with Crippen LogP contribution in [0.25, 0.3) is 0 Å². The van der Waals surface area contributed by atoms with Gasteiger partial charge < -0.3 is 19.7 Å². The molecule has 4 nitrogen and oxygen atoms in total. The highest BCUT2D eigenvalue weighted by Gasteiger charge is 1.91. The van der Waals surface area contributed by atoms with Gasteiger partial charge in [0.2, 0.25) is 0 Å². The molecular formula is C22H42O4. The largest absolute Gasteiger partial charge is 0.502 e. The normalized spacial score (nSPS) is 11.6. The van der Waals surface area contributed by atoms with Gasteiger partial charge in [0.05, 0.1) is 25.7 Å². The van der Waals surface area contributed by atoms with Crippen LogP contribution in [-0.4, -0.2) is 36.6 Å². The van der Waals surface area contributed by atoms with E-state index in [1.54, 1.807) is 0 Å². The topological polar surface area (TPSA) is 58.9 Å². The second kappa shape index (κ2) is 24.0. The molecule has 0 aromatic carbocycles. The molecule has 2 N–H and O–H groups in total. The lowest BCUT2D eigenvalue weighted by Crippen LogP contribution is -1.89. The summed E-state index contributed by atoms with van der Waals surface area (Å²) in [7, 11) is 0. The quantitative estimate of drug-likeness (QED) is 0.207. The highest BCUT2D eigenvalue weighted by atomic mass is 16.5. The summed E-state index contributed by atoms with van der Waals surface area (Å²) in [6.07, 6.45) is 23.4. The van der Waals surface area contributed by atoms with Gasteiger partial charge in [-0.2, -0.15) is 0 Å². The first-order chi connectivity index (χ1) is 12.9. The molecule has 0 aliphatic heterocycles. The van der Waals surface area contributed by atoms with Crippen LogP contribution in [0.1, 0.15) is 89.9 Å². The van der Waals surface area contributed by atoms with Crippen molar-refractivity contribution in [1.82, 2.24) is 0 Å². The molecule has 0 saturated carbocycles. The van der Waals surface area contributed by atoms with Gasteiger partial charge in [0.15, 0.2) is 0 Å². The molecule has 0 aliphatic rings. The fraction of sp³-hybridized carbons (Fsp3) is 0.818. The Morgan fingerprint density at radius 1 is 0.462 bits per heavy atom. The minimum Gasteiger partial charge on any atom is -0.502 e. The minimum atomic E-state index is 0.321. The Hall–Kier alpha value is -1.00. The number of hydrogen-bond acceptors (Lipinski definition) is 4. The fourth-order valence-corrected chi connectivity index (χ4v) is 2.61. The van der Waals surface area contributed by atoms with Crippen molar-refractivity contribution < 1.29 is 19.7 Å². The van der Waals surface area contributed by atoms with Crippen LogP contribution >= 0.6 is 0 Å². The molecule has 0 bridgehead atoms. The zero-order valence-electron chi connectivity index (χ0n) is 16.7. The van der Waals surface area contributed by atoms with Crippen LogP contribution in [0.4, 0.5) is 0 Å². The van der Waals surface area contributed by atoms with Crippen molar-refractivity contribution in [1.29, 1.82) is 0 Å². The zero-order valence-corrected chi connectivity index (χ0v) is 16.7. The zero-order chi connectivity index (χ0) is 19.0. The van der Waals surface area contributed by atoms with Crippen LogP contribution in [0.2, 0.25) is 0 Å². The van der Waals surface area contributed by atoms with E-state index in [0.29, 0.717) is 13.2 Å². The van der Waals surface area contributed by atoms with Crippen molar-refractivity contribution in [3.8, 4) is 0 Å². The van der Waals surface area contributed by atoms with Gasteiger partial charge in [-0.05, 0) is 50.7 Å². The first kappa shape index (κ1) is 25.0. The van der Waals surface area contributed by atoms with Crippen molar-refractivity contribution in [2.75, 3.05) is 26.4 Å². The van der Waals surface area contributed by atoms with Crippen molar-refractivity contribution in [2.24, 2.45) is 0 Å². The number of ether oxygens (including phenoxy) is 2. The van der Waals surface area contributed by atoms with E-state index < -0.39 is 0 Å². The van der Waals surface area contributed by atoms with E-state index in [-0.39, 0.29) is 0 Å². The number of aliphatic hydroxyl groups excluding tert-OH is 2. The summed E-state index contributed by atoms with van der Waals surface area (Å²) in [6, 6.07) is 0. The summed E-state index contributed by atoms with van der Waals surface area (Å²) in [5, 5.41) is 17.4. The molecule has 4 heteroatoms. The molecule has 0 radical (unpaired) electrons. The Kier molecular flexibility index (Phi) is 23.1. The van der Waals surface area contributed by atoms with Gasteiger partial charge in [0, 0.05) is 13.2 Å². The molecule has 0 atom stereocenters. The van der Waals surface area contributed by atoms with Gasteiger partial charge in [-0.3, -0.25) is 0 Å². The van der Waals surface area contributed by atoms with E-state index in [0.717, 1.165) is 64.6 Å². The van der Waals surface area contributed by atoms with Gasteiger partial charge in [-0.1, -0.05) is 51.4 Å². The number of rotatable bonds is 21. The molecular weight excluding hydrogens is 328 g/mol. The maximum Gasteiger partial charge on any atom is 0.0873 e. The smallest absolute Gasteiger partial charge is 0.0873 e. The molecule has 0 heterocycles. The van der Waals surface area contributed by atoms with Gasteiger partial charge in [0.1, 0.15) is 0 Å². The fourth-order valence-electron chi connectivity index (χ4n) is 2.61. The summed E-state index contributed by atoms with van der Waals surface area (Å²) in [4.78, 5) is 0. The predicted molar refractivity (Wildman–Crippen MR) is 109 cm³/mol. The summed E-state index contributed by atoms with van der Waals surface area (Å²) >= 11 is 0. The number of aliphatic hydroxyl groups is 2. The third-order valence-corrected chi connectivity index (χ3v) is 4.23. The summed E-state index contributed by atoms with van der Waals surface area (Å²) in [6.45, 7) is 2.24. The highest BCUT2D eigenvalue weighted by Crippen LogP contribution is 2.06. The molecule has 0 amide bonds. The summed E-state index contributed by atoms with van der Waals surface area (Å²) < 4.78 is 11.0. The maximum absolute atomic E-state index is 8.69. The number of unbranched alkanes of at least 4 members (excludes halogenated alkanes) is 11. The Balaban J connectivity index is 3.14. The second-order valence-corrected chi connectivity index (χ2v) is 6.75. The van der Waals surface area contributed by atoms with Crippen LogP contribution in [0.3, 0.4) is 0 Å². The Morgan fingerprint density at radius 3 is 1.19 bits per heavy atom. The van der Waals surface area contributed by atoms with Gasteiger partial charge in [0.25, 0.3) is 0 Å². The lowest BCUT2D eigenvalue weighted by Gasteiger charge is -2.02. The molecule has 0 saturated heterocycles.